The minimum atomic E-state index is -0.453. The Morgan fingerprint density at radius 3 is 3.05 bits per heavy atom. The number of ether oxygens (including phenoxy) is 1. The quantitative estimate of drug-likeness (QED) is 0.788. The summed E-state index contributed by atoms with van der Waals surface area (Å²) in [4.78, 5) is 18.1. The zero-order valence-corrected chi connectivity index (χ0v) is 12.1. The van der Waals surface area contributed by atoms with Crippen LogP contribution in [0.5, 0.6) is 0 Å². The average molecular weight is 278 g/mol. The fourth-order valence-corrected chi connectivity index (χ4v) is 2.44. The van der Waals surface area contributed by atoms with E-state index in [1.165, 1.54) is 13.5 Å². The van der Waals surface area contributed by atoms with Gasteiger partial charge in [-0.2, -0.15) is 0 Å². The summed E-state index contributed by atoms with van der Waals surface area (Å²) in [6, 6.07) is 3.25. The van der Waals surface area contributed by atoms with E-state index >= 15 is 0 Å². The van der Waals surface area contributed by atoms with Gasteiger partial charge in [0, 0.05) is 13.1 Å². The van der Waals surface area contributed by atoms with Crippen LogP contribution in [0.2, 0.25) is 0 Å². The van der Waals surface area contributed by atoms with E-state index in [1.54, 1.807) is 12.1 Å². The number of hydrogen-bond acceptors (Lipinski definition) is 6. The van der Waals surface area contributed by atoms with Crippen LogP contribution in [0.15, 0.2) is 12.1 Å². The Hall–Kier alpha value is -1.82. The van der Waals surface area contributed by atoms with Crippen LogP contribution in [0, 0.1) is 5.92 Å². The SMILES string of the molecule is CCN1CCC(CNc2nc(C(=O)OC)ccc2N)C1. The Kier molecular flexibility index (Phi) is 4.79. The standard InChI is InChI=1S/C14H22N4O2/c1-3-18-7-6-10(9-18)8-16-13-11(15)4-5-12(17-13)14(19)20-2/h4-5,10H,3,6-9,15H2,1-2H3,(H,16,17). The average Bonchev–Trinajstić information content (AvgIpc) is 2.93. The lowest BCUT2D eigenvalue weighted by atomic mass is 10.1. The highest BCUT2D eigenvalue weighted by Crippen LogP contribution is 2.20. The second kappa shape index (κ2) is 6.56. The van der Waals surface area contributed by atoms with Crippen molar-refractivity contribution in [3.05, 3.63) is 17.8 Å². The number of nitrogens with one attached hydrogen (secondary N) is 1. The predicted molar refractivity (Wildman–Crippen MR) is 78.7 cm³/mol. The number of carbonyl (C=O) groups is 1. The van der Waals surface area contributed by atoms with Crippen molar-refractivity contribution in [2.24, 2.45) is 5.92 Å². The largest absolute Gasteiger partial charge is 0.464 e. The molecule has 6 heteroatoms. The number of nitrogens with zero attached hydrogens (tertiary/aromatic N) is 2. The molecule has 0 amide bonds. The molecule has 1 fully saturated rings. The third kappa shape index (κ3) is 3.39. The summed E-state index contributed by atoms with van der Waals surface area (Å²) in [6.45, 7) is 6.33. The van der Waals surface area contributed by atoms with Crippen LogP contribution in [0.25, 0.3) is 0 Å². The number of pyridine rings is 1. The van der Waals surface area contributed by atoms with E-state index in [1.807, 2.05) is 0 Å². The maximum atomic E-state index is 11.5. The van der Waals surface area contributed by atoms with Crippen molar-refractivity contribution in [2.75, 3.05) is 44.3 Å². The predicted octanol–water partition coefficient (Wildman–Crippen LogP) is 1.20. The molecule has 0 bridgehead atoms. The third-order valence-corrected chi connectivity index (χ3v) is 3.70. The highest BCUT2D eigenvalue weighted by atomic mass is 16.5. The molecule has 3 N–H and O–H groups in total. The lowest BCUT2D eigenvalue weighted by molar-refractivity contribution is 0.0594. The summed E-state index contributed by atoms with van der Waals surface area (Å²) in [6.07, 6.45) is 1.18. The number of nitrogen functional groups attached to an aromatic ring is 1. The molecule has 1 aliphatic rings. The van der Waals surface area contributed by atoms with E-state index in [0.29, 0.717) is 17.4 Å². The Morgan fingerprint density at radius 2 is 2.40 bits per heavy atom. The molecule has 20 heavy (non-hydrogen) atoms. The fraction of sp³-hybridized carbons (Fsp3) is 0.571. The second-order valence-electron chi connectivity index (χ2n) is 5.05. The van der Waals surface area contributed by atoms with Crippen molar-refractivity contribution < 1.29 is 9.53 Å². The van der Waals surface area contributed by atoms with E-state index in [0.717, 1.165) is 26.2 Å². The van der Waals surface area contributed by atoms with Crippen LogP contribution in [0.1, 0.15) is 23.8 Å². The van der Waals surface area contributed by atoms with Crippen molar-refractivity contribution in [1.29, 1.82) is 0 Å². The molecule has 1 aromatic rings. The Morgan fingerprint density at radius 1 is 1.60 bits per heavy atom. The molecule has 0 aliphatic carbocycles. The van der Waals surface area contributed by atoms with Gasteiger partial charge in [-0.25, -0.2) is 9.78 Å². The minimum absolute atomic E-state index is 0.269. The molecule has 0 radical (unpaired) electrons. The summed E-state index contributed by atoms with van der Waals surface area (Å²) in [7, 11) is 1.34. The van der Waals surface area contributed by atoms with E-state index < -0.39 is 5.97 Å². The molecule has 0 aromatic carbocycles. The smallest absolute Gasteiger partial charge is 0.356 e. The number of rotatable bonds is 5. The zero-order valence-electron chi connectivity index (χ0n) is 12.1. The van der Waals surface area contributed by atoms with Gasteiger partial charge in [0.2, 0.25) is 0 Å². The molecule has 1 aromatic heterocycles. The van der Waals surface area contributed by atoms with Gasteiger partial charge in [-0.1, -0.05) is 6.92 Å². The number of likely N-dealkylation sites (tertiary alicyclic amines) is 1. The number of hydrogen-bond donors (Lipinski definition) is 2. The van der Waals surface area contributed by atoms with Crippen LogP contribution in [0.4, 0.5) is 11.5 Å². The maximum absolute atomic E-state index is 11.5. The Balaban J connectivity index is 1.97. The molecular weight excluding hydrogens is 256 g/mol. The van der Waals surface area contributed by atoms with Gasteiger partial charge in [0.05, 0.1) is 12.8 Å². The summed E-state index contributed by atoms with van der Waals surface area (Å²) in [5.41, 5.74) is 6.70. The first-order chi connectivity index (χ1) is 9.63. The van der Waals surface area contributed by atoms with Gasteiger partial charge in [-0.05, 0) is 37.6 Å². The Labute approximate surface area is 119 Å². The van der Waals surface area contributed by atoms with Gasteiger partial charge in [-0.3, -0.25) is 0 Å². The molecule has 0 spiro atoms. The van der Waals surface area contributed by atoms with E-state index in [2.05, 4.69) is 26.9 Å². The van der Waals surface area contributed by atoms with E-state index in [-0.39, 0.29) is 5.69 Å². The molecule has 2 rings (SSSR count). The van der Waals surface area contributed by atoms with Gasteiger partial charge in [-0.15, -0.1) is 0 Å². The number of anilines is 2. The monoisotopic (exact) mass is 278 g/mol. The van der Waals surface area contributed by atoms with Crippen molar-refractivity contribution >= 4 is 17.5 Å². The van der Waals surface area contributed by atoms with Crippen LogP contribution < -0.4 is 11.1 Å². The van der Waals surface area contributed by atoms with Gasteiger partial charge in [0.15, 0.2) is 5.69 Å². The molecule has 1 aliphatic heterocycles. The number of nitrogens with two attached hydrogens (primary N) is 1. The second-order valence-corrected chi connectivity index (χ2v) is 5.05. The normalized spacial score (nSPS) is 19.0. The van der Waals surface area contributed by atoms with Crippen molar-refractivity contribution in [3.8, 4) is 0 Å². The first-order valence-electron chi connectivity index (χ1n) is 6.95. The number of aromatic nitrogens is 1. The summed E-state index contributed by atoms with van der Waals surface area (Å²) in [5, 5.41) is 3.25. The summed E-state index contributed by atoms with van der Waals surface area (Å²) in [5.74, 6) is 0.701. The van der Waals surface area contributed by atoms with E-state index in [4.69, 9.17) is 5.73 Å². The number of methoxy groups -OCH3 is 1. The van der Waals surface area contributed by atoms with Crippen molar-refractivity contribution in [1.82, 2.24) is 9.88 Å². The molecule has 6 nitrogen and oxygen atoms in total. The summed E-state index contributed by atoms with van der Waals surface area (Å²) < 4.78 is 4.66. The zero-order chi connectivity index (χ0) is 14.5. The number of carbonyl (C=O) groups excluding carboxylic acids is 1. The van der Waals surface area contributed by atoms with Gasteiger partial charge in [0.1, 0.15) is 5.82 Å². The van der Waals surface area contributed by atoms with Gasteiger partial charge >= 0.3 is 5.97 Å². The Bertz CT molecular complexity index is 478. The van der Waals surface area contributed by atoms with Crippen molar-refractivity contribution in [3.63, 3.8) is 0 Å². The molecular formula is C14H22N4O2. The lowest BCUT2D eigenvalue weighted by Gasteiger charge is -2.15. The molecule has 1 atom stereocenters. The van der Waals surface area contributed by atoms with Crippen LogP contribution in [-0.2, 0) is 4.74 Å². The van der Waals surface area contributed by atoms with Crippen LogP contribution >= 0.6 is 0 Å². The summed E-state index contributed by atoms with van der Waals surface area (Å²) >= 11 is 0. The molecule has 1 unspecified atom stereocenters. The topological polar surface area (TPSA) is 80.5 Å². The molecule has 0 saturated carbocycles. The first-order valence-corrected chi connectivity index (χ1v) is 6.95. The minimum Gasteiger partial charge on any atom is -0.464 e. The highest BCUT2D eigenvalue weighted by molar-refractivity contribution is 5.88. The van der Waals surface area contributed by atoms with E-state index in [9.17, 15) is 4.79 Å². The van der Waals surface area contributed by atoms with Crippen LogP contribution in [-0.4, -0.2) is 49.1 Å². The first kappa shape index (κ1) is 14.6. The van der Waals surface area contributed by atoms with Gasteiger partial charge < -0.3 is 20.7 Å². The third-order valence-electron chi connectivity index (χ3n) is 3.70. The fourth-order valence-electron chi connectivity index (χ4n) is 2.44. The lowest BCUT2D eigenvalue weighted by Crippen LogP contribution is -2.23. The van der Waals surface area contributed by atoms with Crippen LogP contribution in [0.3, 0.4) is 0 Å². The highest BCUT2D eigenvalue weighted by Gasteiger charge is 2.21. The molecule has 2 heterocycles. The maximum Gasteiger partial charge on any atom is 0.356 e. The molecule has 1 saturated heterocycles. The number of esters is 1. The van der Waals surface area contributed by atoms with Gasteiger partial charge in [0.25, 0.3) is 0 Å². The van der Waals surface area contributed by atoms with Crippen molar-refractivity contribution in [2.45, 2.75) is 13.3 Å². The molecule has 110 valence electrons.